The lowest BCUT2D eigenvalue weighted by atomic mass is 9.77. The van der Waals surface area contributed by atoms with Crippen LogP contribution in [0.15, 0.2) is 28.7 Å². The van der Waals surface area contributed by atoms with Crippen LogP contribution in [0.4, 0.5) is 0 Å². The molecule has 1 nitrogen and oxygen atoms in total. The van der Waals surface area contributed by atoms with Gasteiger partial charge in [-0.15, -0.1) is 0 Å². The van der Waals surface area contributed by atoms with Crippen LogP contribution in [0.3, 0.4) is 0 Å². The molecule has 2 heteroatoms. The van der Waals surface area contributed by atoms with Crippen LogP contribution in [-0.4, -0.2) is 12.6 Å². The van der Waals surface area contributed by atoms with Gasteiger partial charge in [0.05, 0.1) is 0 Å². The molecule has 15 heavy (non-hydrogen) atoms. The molecule has 0 aliphatic carbocycles. The summed E-state index contributed by atoms with van der Waals surface area (Å²) in [4.78, 5) is 0. The zero-order valence-corrected chi connectivity index (χ0v) is 11.0. The van der Waals surface area contributed by atoms with Crippen molar-refractivity contribution < 1.29 is 0 Å². The van der Waals surface area contributed by atoms with Crippen LogP contribution >= 0.6 is 15.9 Å². The molecule has 1 fully saturated rings. The highest BCUT2D eigenvalue weighted by Crippen LogP contribution is 2.32. The molecule has 1 heterocycles. The second-order valence-electron chi connectivity index (χ2n) is 4.88. The number of halogens is 1. The number of benzene rings is 1. The van der Waals surface area contributed by atoms with Crippen LogP contribution in [0.1, 0.15) is 32.3 Å². The average Bonchev–Trinajstić information content (AvgIpc) is 2.71. The molecule has 1 aromatic rings. The van der Waals surface area contributed by atoms with E-state index in [1.165, 1.54) is 29.4 Å². The first kappa shape index (κ1) is 11.2. The zero-order chi connectivity index (χ0) is 10.9. The Morgan fingerprint density at radius 2 is 2.20 bits per heavy atom. The first-order valence-electron chi connectivity index (χ1n) is 5.60. The first-order valence-corrected chi connectivity index (χ1v) is 6.39. The lowest BCUT2D eigenvalue weighted by molar-refractivity contribution is 0.377. The maximum absolute atomic E-state index is 3.60. The summed E-state index contributed by atoms with van der Waals surface area (Å²) in [6, 6.07) is 9.29. The van der Waals surface area contributed by atoms with Gasteiger partial charge in [0.25, 0.3) is 0 Å². The van der Waals surface area contributed by atoms with Crippen molar-refractivity contribution in [3.05, 3.63) is 34.3 Å². The molecular weight excluding hydrogens is 250 g/mol. The second kappa shape index (κ2) is 4.26. The minimum atomic E-state index is 0.222. The molecule has 0 bridgehead atoms. The Morgan fingerprint density at radius 3 is 2.80 bits per heavy atom. The van der Waals surface area contributed by atoms with Gasteiger partial charge in [-0.3, -0.25) is 0 Å². The molecule has 0 aromatic heterocycles. The van der Waals surface area contributed by atoms with Crippen molar-refractivity contribution in [1.29, 1.82) is 0 Å². The van der Waals surface area contributed by atoms with E-state index in [4.69, 9.17) is 0 Å². The largest absolute Gasteiger partial charge is 0.313 e. The topological polar surface area (TPSA) is 12.0 Å². The third-order valence-electron chi connectivity index (χ3n) is 3.50. The molecule has 0 spiro atoms. The third-order valence-corrected chi connectivity index (χ3v) is 3.99. The van der Waals surface area contributed by atoms with E-state index in [9.17, 15) is 0 Å². The Kier molecular flexibility index (Phi) is 3.17. The van der Waals surface area contributed by atoms with Crippen molar-refractivity contribution in [2.45, 2.75) is 38.1 Å². The summed E-state index contributed by atoms with van der Waals surface area (Å²) < 4.78 is 1.17. The van der Waals surface area contributed by atoms with Crippen LogP contribution in [0.5, 0.6) is 0 Å². The van der Waals surface area contributed by atoms with Crippen molar-refractivity contribution in [3.63, 3.8) is 0 Å². The highest BCUT2D eigenvalue weighted by atomic mass is 79.9. The second-order valence-corrected chi connectivity index (χ2v) is 5.80. The molecule has 0 radical (unpaired) electrons. The van der Waals surface area contributed by atoms with Crippen LogP contribution in [-0.2, 0) is 5.41 Å². The van der Waals surface area contributed by atoms with Crippen molar-refractivity contribution in [2.75, 3.05) is 6.54 Å². The standard InChI is InChI=1S/C13H18BrN/c1-13(2,12-7-4-8-15-12)10-5-3-6-11(14)9-10/h3,5-6,9,12,15H,4,7-8H2,1-2H3. The number of rotatable bonds is 2. The van der Waals surface area contributed by atoms with Gasteiger partial charge in [-0.25, -0.2) is 0 Å². The van der Waals surface area contributed by atoms with Crippen LogP contribution in [0.2, 0.25) is 0 Å². The monoisotopic (exact) mass is 267 g/mol. The Morgan fingerprint density at radius 1 is 1.40 bits per heavy atom. The molecule has 1 aromatic carbocycles. The molecule has 1 unspecified atom stereocenters. The summed E-state index contributed by atoms with van der Waals surface area (Å²) in [5.74, 6) is 0. The number of hydrogen-bond donors (Lipinski definition) is 1. The maximum atomic E-state index is 3.60. The lowest BCUT2D eigenvalue weighted by Gasteiger charge is -2.32. The van der Waals surface area contributed by atoms with E-state index in [-0.39, 0.29) is 5.41 Å². The van der Waals surface area contributed by atoms with Gasteiger partial charge < -0.3 is 5.32 Å². The Hall–Kier alpha value is -0.340. The third kappa shape index (κ3) is 2.26. The minimum absolute atomic E-state index is 0.222. The van der Waals surface area contributed by atoms with Crippen molar-refractivity contribution in [2.24, 2.45) is 0 Å². The quantitative estimate of drug-likeness (QED) is 0.865. The Labute approximate surface area is 100 Å². The molecule has 0 amide bonds. The molecule has 1 saturated heterocycles. The van der Waals surface area contributed by atoms with E-state index in [1.807, 2.05) is 0 Å². The Bertz CT molecular complexity index is 340. The van der Waals surface area contributed by atoms with Gasteiger partial charge in [0.1, 0.15) is 0 Å². The summed E-state index contributed by atoms with van der Waals surface area (Å²) in [5, 5.41) is 3.60. The predicted octanol–water partition coefficient (Wildman–Crippen LogP) is 3.48. The summed E-state index contributed by atoms with van der Waals surface area (Å²) in [5.41, 5.74) is 1.64. The van der Waals surface area contributed by atoms with Crippen molar-refractivity contribution in [1.82, 2.24) is 5.32 Å². The van der Waals surface area contributed by atoms with Crippen molar-refractivity contribution >= 4 is 15.9 Å². The predicted molar refractivity (Wildman–Crippen MR) is 68.2 cm³/mol. The van der Waals surface area contributed by atoms with E-state index in [0.29, 0.717) is 6.04 Å². The van der Waals surface area contributed by atoms with Crippen molar-refractivity contribution in [3.8, 4) is 0 Å². The maximum Gasteiger partial charge on any atom is 0.0178 e. The van der Waals surface area contributed by atoms with Gasteiger partial charge in [0, 0.05) is 15.9 Å². The van der Waals surface area contributed by atoms with Gasteiger partial charge in [-0.05, 0) is 37.1 Å². The average molecular weight is 268 g/mol. The van der Waals surface area contributed by atoms with Gasteiger partial charge >= 0.3 is 0 Å². The van der Waals surface area contributed by atoms with E-state index in [1.54, 1.807) is 0 Å². The smallest absolute Gasteiger partial charge is 0.0178 e. The molecule has 1 N–H and O–H groups in total. The summed E-state index contributed by atoms with van der Waals surface area (Å²) >= 11 is 3.54. The fourth-order valence-electron chi connectivity index (χ4n) is 2.39. The van der Waals surface area contributed by atoms with Gasteiger partial charge in [0.2, 0.25) is 0 Å². The minimum Gasteiger partial charge on any atom is -0.313 e. The molecule has 1 aliphatic heterocycles. The van der Waals surface area contributed by atoms with E-state index < -0.39 is 0 Å². The molecule has 82 valence electrons. The van der Waals surface area contributed by atoms with Gasteiger partial charge in [0.15, 0.2) is 0 Å². The fraction of sp³-hybridized carbons (Fsp3) is 0.538. The van der Waals surface area contributed by atoms with Crippen LogP contribution in [0, 0.1) is 0 Å². The molecule has 0 saturated carbocycles. The fourth-order valence-corrected chi connectivity index (χ4v) is 2.79. The van der Waals surface area contributed by atoms with Gasteiger partial charge in [-0.1, -0.05) is 41.9 Å². The van der Waals surface area contributed by atoms with E-state index in [0.717, 1.165) is 0 Å². The molecule has 2 rings (SSSR count). The van der Waals surface area contributed by atoms with Crippen LogP contribution < -0.4 is 5.32 Å². The normalized spacial score (nSPS) is 21.9. The lowest BCUT2D eigenvalue weighted by Crippen LogP contribution is -2.40. The Balaban J connectivity index is 2.27. The highest BCUT2D eigenvalue weighted by molar-refractivity contribution is 9.10. The number of hydrogen-bond acceptors (Lipinski definition) is 1. The number of nitrogens with one attached hydrogen (secondary N) is 1. The highest BCUT2D eigenvalue weighted by Gasteiger charge is 2.32. The molecule has 1 aliphatic rings. The van der Waals surface area contributed by atoms with E-state index >= 15 is 0 Å². The van der Waals surface area contributed by atoms with Crippen LogP contribution in [0.25, 0.3) is 0 Å². The SMILES string of the molecule is CC(C)(c1cccc(Br)c1)C1CCCN1. The van der Waals surface area contributed by atoms with Gasteiger partial charge in [-0.2, -0.15) is 0 Å². The summed E-state index contributed by atoms with van der Waals surface area (Å²) in [6.07, 6.45) is 2.60. The summed E-state index contributed by atoms with van der Waals surface area (Å²) in [7, 11) is 0. The van der Waals surface area contributed by atoms with E-state index in [2.05, 4.69) is 59.4 Å². The summed E-state index contributed by atoms with van der Waals surface area (Å²) in [6.45, 7) is 5.83. The molecule has 1 atom stereocenters. The first-order chi connectivity index (χ1) is 7.10. The zero-order valence-electron chi connectivity index (χ0n) is 9.39. The molecular formula is C13H18BrN.